The quantitative estimate of drug-likeness (QED) is 0.186. The number of pyridine rings is 2. The highest BCUT2D eigenvalue weighted by Gasteiger charge is 2.20. The minimum absolute atomic E-state index is 0.903. The first kappa shape index (κ1) is 26.6. The lowest BCUT2D eigenvalue weighted by atomic mass is 9.97. The number of hydrogen-bond acceptors (Lipinski definition) is 3. The Morgan fingerprint density at radius 1 is 0.417 bits per heavy atom. The summed E-state index contributed by atoms with van der Waals surface area (Å²) in [4.78, 5) is 10.7. The third kappa shape index (κ3) is 4.08. The molecule has 0 unspecified atom stereocenters. The minimum atomic E-state index is 0.903. The SMILES string of the molecule is c1ccc(-c2nc3c4c(-c5ccc(-c6ccc7c8ccccc8nn7c6)cc5)nc5ccccc5c4ccc3n2-c2ccccc2)cc1. The molecular weight excluding hydrogens is 587 g/mol. The topological polar surface area (TPSA) is 48.0 Å². The van der Waals surface area contributed by atoms with Gasteiger partial charge in [0.1, 0.15) is 5.82 Å². The van der Waals surface area contributed by atoms with Crippen LogP contribution in [0.25, 0.3) is 88.6 Å². The fourth-order valence-electron chi connectivity index (χ4n) is 7.08. The summed E-state index contributed by atoms with van der Waals surface area (Å²) in [6.07, 6.45) is 2.11. The fourth-order valence-corrected chi connectivity index (χ4v) is 7.08. The third-order valence-corrected chi connectivity index (χ3v) is 9.35. The molecule has 224 valence electrons. The number of fused-ring (bicyclic) bond motifs is 8. The molecule has 0 spiro atoms. The highest BCUT2D eigenvalue weighted by molar-refractivity contribution is 6.20. The van der Waals surface area contributed by atoms with Gasteiger partial charge in [-0.05, 0) is 47.3 Å². The second-order valence-electron chi connectivity index (χ2n) is 12.1. The first-order chi connectivity index (χ1) is 23.8. The smallest absolute Gasteiger partial charge is 0.145 e. The van der Waals surface area contributed by atoms with Crippen LogP contribution in [0, 0.1) is 0 Å². The summed E-state index contributed by atoms with van der Waals surface area (Å²) in [6, 6.07) is 55.0. The van der Waals surface area contributed by atoms with Crippen LogP contribution in [0.2, 0.25) is 0 Å². The number of imidazole rings is 1. The zero-order valence-electron chi connectivity index (χ0n) is 25.8. The molecule has 6 aromatic carbocycles. The summed E-state index contributed by atoms with van der Waals surface area (Å²) >= 11 is 0. The first-order valence-corrected chi connectivity index (χ1v) is 16.1. The largest absolute Gasteiger partial charge is 0.292 e. The normalized spacial score (nSPS) is 11.8. The van der Waals surface area contributed by atoms with E-state index in [0.717, 1.165) is 88.6 Å². The van der Waals surface area contributed by atoms with E-state index in [1.807, 2.05) is 22.7 Å². The molecule has 48 heavy (non-hydrogen) atoms. The molecule has 5 nitrogen and oxygen atoms in total. The van der Waals surface area contributed by atoms with E-state index in [1.54, 1.807) is 0 Å². The predicted molar refractivity (Wildman–Crippen MR) is 196 cm³/mol. The van der Waals surface area contributed by atoms with Crippen LogP contribution >= 0.6 is 0 Å². The molecular formula is C43H27N5. The van der Waals surface area contributed by atoms with Gasteiger partial charge in [0.05, 0.1) is 33.3 Å². The summed E-state index contributed by atoms with van der Waals surface area (Å²) in [5, 5.41) is 9.27. The Morgan fingerprint density at radius 3 is 1.88 bits per heavy atom. The van der Waals surface area contributed by atoms with Crippen LogP contribution in [-0.2, 0) is 0 Å². The van der Waals surface area contributed by atoms with Crippen molar-refractivity contribution in [1.82, 2.24) is 24.1 Å². The van der Waals surface area contributed by atoms with Crippen molar-refractivity contribution >= 4 is 49.1 Å². The second-order valence-corrected chi connectivity index (χ2v) is 12.1. The van der Waals surface area contributed by atoms with Gasteiger partial charge in [0.25, 0.3) is 0 Å². The number of rotatable bonds is 4. The number of hydrogen-bond donors (Lipinski definition) is 0. The Labute approximate surface area is 276 Å². The van der Waals surface area contributed by atoms with Gasteiger partial charge in [-0.3, -0.25) is 4.57 Å². The fraction of sp³-hybridized carbons (Fsp3) is 0. The van der Waals surface area contributed by atoms with Gasteiger partial charge in [0, 0.05) is 44.7 Å². The minimum Gasteiger partial charge on any atom is -0.292 e. The number of nitrogens with zero attached hydrogens (tertiary/aromatic N) is 5. The summed E-state index contributed by atoms with van der Waals surface area (Å²) in [6.45, 7) is 0. The van der Waals surface area contributed by atoms with Gasteiger partial charge in [0.2, 0.25) is 0 Å². The van der Waals surface area contributed by atoms with E-state index in [2.05, 4.69) is 150 Å². The number of benzene rings is 6. The molecule has 4 aromatic heterocycles. The molecule has 0 fully saturated rings. The van der Waals surface area contributed by atoms with Gasteiger partial charge < -0.3 is 0 Å². The van der Waals surface area contributed by atoms with Crippen LogP contribution in [0.4, 0.5) is 0 Å². The van der Waals surface area contributed by atoms with Crippen molar-refractivity contribution in [2.45, 2.75) is 0 Å². The summed E-state index contributed by atoms with van der Waals surface area (Å²) in [5.74, 6) is 0.903. The molecule has 0 bridgehead atoms. The maximum atomic E-state index is 5.41. The Hall–Kier alpha value is -6.59. The molecule has 5 heteroatoms. The Kier molecular flexibility index (Phi) is 5.81. The van der Waals surface area contributed by atoms with Gasteiger partial charge >= 0.3 is 0 Å². The van der Waals surface area contributed by atoms with E-state index < -0.39 is 0 Å². The zero-order valence-corrected chi connectivity index (χ0v) is 25.8. The average molecular weight is 614 g/mol. The van der Waals surface area contributed by atoms with Gasteiger partial charge in [-0.25, -0.2) is 14.5 Å². The highest BCUT2D eigenvalue weighted by Crippen LogP contribution is 2.40. The molecule has 0 aliphatic carbocycles. The molecule has 0 aliphatic heterocycles. The predicted octanol–water partition coefficient (Wildman–Crippen LogP) is 10.5. The third-order valence-electron chi connectivity index (χ3n) is 9.35. The van der Waals surface area contributed by atoms with Gasteiger partial charge in [0.15, 0.2) is 0 Å². The molecule has 0 N–H and O–H groups in total. The molecule has 10 aromatic rings. The van der Waals surface area contributed by atoms with Crippen LogP contribution in [0.3, 0.4) is 0 Å². The molecule has 0 aliphatic rings. The van der Waals surface area contributed by atoms with E-state index in [0.29, 0.717) is 0 Å². The summed E-state index contributed by atoms with van der Waals surface area (Å²) in [5.41, 5.74) is 11.4. The molecule has 0 saturated heterocycles. The number of para-hydroxylation sites is 2. The lowest BCUT2D eigenvalue weighted by molar-refractivity contribution is 0.983. The highest BCUT2D eigenvalue weighted by atomic mass is 15.2. The molecule has 4 heterocycles. The van der Waals surface area contributed by atoms with Crippen molar-refractivity contribution in [3.63, 3.8) is 0 Å². The van der Waals surface area contributed by atoms with E-state index in [4.69, 9.17) is 15.1 Å². The van der Waals surface area contributed by atoms with Gasteiger partial charge in [-0.2, -0.15) is 5.10 Å². The lowest BCUT2D eigenvalue weighted by Gasteiger charge is -2.12. The van der Waals surface area contributed by atoms with Crippen LogP contribution < -0.4 is 0 Å². The van der Waals surface area contributed by atoms with Gasteiger partial charge in [-0.1, -0.05) is 121 Å². The summed E-state index contributed by atoms with van der Waals surface area (Å²) < 4.78 is 4.25. The Bertz CT molecular complexity index is 2810. The Morgan fingerprint density at radius 2 is 1.06 bits per heavy atom. The van der Waals surface area contributed by atoms with Crippen molar-refractivity contribution < 1.29 is 0 Å². The van der Waals surface area contributed by atoms with Crippen molar-refractivity contribution in [2.75, 3.05) is 0 Å². The summed E-state index contributed by atoms with van der Waals surface area (Å²) in [7, 11) is 0. The van der Waals surface area contributed by atoms with Crippen LogP contribution in [0.1, 0.15) is 0 Å². The second kappa shape index (κ2) is 10.5. The van der Waals surface area contributed by atoms with Crippen molar-refractivity contribution in [3.05, 3.63) is 164 Å². The molecule has 0 amide bonds. The average Bonchev–Trinajstić information content (AvgIpc) is 3.74. The Balaban J connectivity index is 1.20. The van der Waals surface area contributed by atoms with Crippen molar-refractivity contribution in [2.24, 2.45) is 0 Å². The van der Waals surface area contributed by atoms with Crippen molar-refractivity contribution in [1.29, 1.82) is 0 Å². The van der Waals surface area contributed by atoms with Crippen LogP contribution in [0.15, 0.2) is 164 Å². The maximum Gasteiger partial charge on any atom is 0.145 e. The van der Waals surface area contributed by atoms with Gasteiger partial charge in [-0.15, -0.1) is 0 Å². The van der Waals surface area contributed by atoms with Crippen LogP contribution in [0.5, 0.6) is 0 Å². The zero-order chi connectivity index (χ0) is 31.6. The van der Waals surface area contributed by atoms with E-state index >= 15 is 0 Å². The number of aromatic nitrogens is 5. The van der Waals surface area contributed by atoms with Crippen molar-refractivity contribution in [3.8, 4) is 39.5 Å². The first-order valence-electron chi connectivity index (χ1n) is 16.1. The van der Waals surface area contributed by atoms with E-state index in [-0.39, 0.29) is 0 Å². The monoisotopic (exact) mass is 613 g/mol. The lowest BCUT2D eigenvalue weighted by Crippen LogP contribution is -1.97. The molecule has 0 atom stereocenters. The van der Waals surface area contributed by atoms with E-state index in [9.17, 15) is 0 Å². The van der Waals surface area contributed by atoms with Crippen LogP contribution in [-0.4, -0.2) is 24.1 Å². The molecule has 10 rings (SSSR count). The van der Waals surface area contributed by atoms with E-state index in [1.165, 1.54) is 0 Å². The molecule has 0 radical (unpaired) electrons. The maximum absolute atomic E-state index is 5.41. The molecule has 0 saturated carbocycles. The standard InChI is InChI=1S/C43H27N5/c1-3-11-30(12-4-1)43-45-42-39(48(43)32-13-5-2-6-14-32)26-24-34-33-15-7-9-17-36(33)44-41(40(34)42)29-21-19-28(20-22-29)31-23-25-38-35-16-8-10-18-37(35)46-47(38)27-31/h1-27H.